The number of nitrogens with one attached hydrogen (secondary N) is 1. The van der Waals surface area contributed by atoms with Crippen molar-refractivity contribution in [3.63, 3.8) is 0 Å². The Morgan fingerprint density at radius 2 is 1.67 bits per heavy atom. The Hall–Kier alpha value is -3.01. The summed E-state index contributed by atoms with van der Waals surface area (Å²) in [4.78, 5) is 23.9. The topological polar surface area (TPSA) is 58.6 Å². The van der Waals surface area contributed by atoms with E-state index in [2.05, 4.69) is 15.0 Å². The molecule has 100 valence electrons. The fourth-order valence-corrected chi connectivity index (χ4v) is 2.44. The summed E-state index contributed by atoms with van der Waals surface area (Å²) in [5, 5.41) is 1.57. The molecule has 0 aliphatic heterocycles. The Kier molecular flexibility index (Phi) is 2.54. The van der Waals surface area contributed by atoms with E-state index >= 15 is 0 Å². The molecule has 0 spiro atoms. The second-order valence-corrected chi connectivity index (χ2v) is 4.84. The smallest absolute Gasteiger partial charge is 0.256 e. The lowest BCUT2D eigenvalue weighted by Gasteiger charge is -2.04. The van der Waals surface area contributed by atoms with Crippen LogP contribution in [0.4, 0.5) is 0 Å². The molecular weight excluding hydrogens is 262 g/mol. The van der Waals surface area contributed by atoms with Crippen molar-refractivity contribution in [1.29, 1.82) is 0 Å². The van der Waals surface area contributed by atoms with Crippen LogP contribution in [0.5, 0.6) is 0 Å². The molecule has 4 heteroatoms. The number of nitrogens with zero attached hydrogens (tertiary/aromatic N) is 2. The lowest BCUT2D eigenvalue weighted by atomic mass is 10.1. The highest BCUT2D eigenvalue weighted by molar-refractivity contribution is 5.85. The van der Waals surface area contributed by atoms with Gasteiger partial charge < -0.3 is 4.98 Å². The average molecular weight is 273 g/mol. The maximum absolute atomic E-state index is 12.1. The van der Waals surface area contributed by atoms with Gasteiger partial charge >= 0.3 is 0 Å². The van der Waals surface area contributed by atoms with Crippen LogP contribution in [0.2, 0.25) is 0 Å². The van der Waals surface area contributed by atoms with Gasteiger partial charge in [0.15, 0.2) is 0 Å². The van der Waals surface area contributed by atoms with Gasteiger partial charge in [0.2, 0.25) is 0 Å². The molecule has 0 bridgehead atoms. The fraction of sp³-hybridized carbons (Fsp3) is 0. The van der Waals surface area contributed by atoms with E-state index in [1.807, 2.05) is 54.6 Å². The molecule has 0 aliphatic rings. The normalized spacial score (nSPS) is 11.0. The van der Waals surface area contributed by atoms with E-state index in [1.165, 1.54) is 0 Å². The number of hydrogen-bond donors (Lipinski definition) is 1. The Morgan fingerprint density at radius 3 is 2.57 bits per heavy atom. The first-order valence-electron chi connectivity index (χ1n) is 6.65. The highest BCUT2D eigenvalue weighted by Crippen LogP contribution is 2.19. The van der Waals surface area contributed by atoms with Gasteiger partial charge in [-0.2, -0.15) is 0 Å². The number of hydrogen-bond acceptors (Lipinski definition) is 3. The highest BCUT2D eigenvalue weighted by atomic mass is 16.1. The fourth-order valence-electron chi connectivity index (χ4n) is 2.44. The van der Waals surface area contributed by atoms with Crippen molar-refractivity contribution in [2.75, 3.05) is 0 Å². The molecule has 1 N–H and O–H groups in total. The molecule has 0 saturated carbocycles. The molecule has 4 rings (SSSR count). The lowest BCUT2D eigenvalue weighted by molar-refractivity contribution is 1.21. The summed E-state index contributed by atoms with van der Waals surface area (Å²) in [5.41, 5.74) is 2.87. The molecule has 2 aromatic heterocycles. The number of aromatic nitrogens is 3. The minimum absolute atomic E-state index is 0.113. The van der Waals surface area contributed by atoms with Gasteiger partial charge in [0.05, 0.1) is 22.9 Å². The Labute approximate surface area is 120 Å². The monoisotopic (exact) mass is 273 g/mol. The van der Waals surface area contributed by atoms with Crippen LogP contribution in [0, 0.1) is 0 Å². The number of benzene rings is 2. The van der Waals surface area contributed by atoms with Crippen LogP contribution in [-0.2, 0) is 0 Å². The van der Waals surface area contributed by atoms with E-state index in [0.717, 1.165) is 16.4 Å². The zero-order valence-corrected chi connectivity index (χ0v) is 11.1. The van der Waals surface area contributed by atoms with Crippen LogP contribution >= 0.6 is 0 Å². The third-order valence-electron chi connectivity index (χ3n) is 3.48. The van der Waals surface area contributed by atoms with Crippen molar-refractivity contribution >= 4 is 21.8 Å². The number of para-hydroxylation sites is 2. The molecule has 0 unspecified atom stereocenters. The molecule has 0 fully saturated rings. The number of fused-ring (bicyclic) bond motifs is 2. The van der Waals surface area contributed by atoms with Gasteiger partial charge in [-0.05, 0) is 29.7 Å². The third-order valence-corrected chi connectivity index (χ3v) is 3.48. The van der Waals surface area contributed by atoms with Crippen LogP contribution in [-0.4, -0.2) is 15.0 Å². The van der Waals surface area contributed by atoms with E-state index in [4.69, 9.17) is 0 Å². The van der Waals surface area contributed by atoms with Gasteiger partial charge in [-0.15, -0.1) is 0 Å². The van der Waals surface area contributed by atoms with Crippen LogP contribution in [0.15, 0.2) is 65.6 Å². The SMILES string of the molecule is O=c1[nH]c(-c2cnc3ccccc3n2)cc2ccccc12. The van der Waals surface area contributed by atoms with E-state index in [-0.39, 0.29) is 5.56 Å². The number of aromatic amines is 1. The summed E-state index contributed by atoms with van der Waals surface area (Å²) >= 11 is 0. The Bertz CT molecular complexity index is 1020. The molecule has 0 saturated heterocycles. The highest BCUT2D eigenvalue weighted by Gasteiger charge is 2.06. The van der Waals surface area contributed by atoms with Crippen molar-refractivity contribution in [2.24, 2.45) is 0 Å². The summed E-state index contributed by atoms with van der Waals surface area (Å²) in [6, 6.07) is 17.1. The number of H-pyrrole nitrogens is 1. The molecule has 21 heavy (non-hydrogen) atoms. The molecule has 0 amide bonds. The van der Waals surface area contributed by atoms with Gasteiger partial charge in [-0.25, -0.2) is 4.98 Å². The van der Waals surface area contributed by atoms with Crippen LogP contribution in [0.1, 0.15) is 0 Å². The van der Waals surface area contributed by atoms with E-state index < -0.39 is 0 Å². The first-order chi connectivity index (χ1) is 10.3. The molecular formula is C17H11N3O. The van der Waals surface area contributed by atoms with Gasteiger partial charge in [0.1, 0.15) is 5.69 Å². The van der Waals surface area contributed by atoms with Crippen LogP contribution < -0.4 is 5.56 Å². The molecule has 2 heterocycles. The van der Waals surface area contributed by atoms with Crippen molar-refractivity contribution in [3.05, 3.63) is 71.1 Å². The Morgan fingerprint density at radius 1 is 0.905 bits per heavy atom. The first kappa shape index (κ1) is 11.8. The molecule has 2 aromatic carbocycles. The molecule has 4 aromatic rings. The van der Waals surface area contributed by atoms with E-state index in [0.29, 0.717) is 16.8 Å². The predicted octanol–water partition coefficient (Wildman–Crippen LogP) is 3.14. The largest absolute Gasteiger partial charge is 0.320 e. The minimum atomic E-state index is -0.113. The quantitative estimate of drug-likeness (QED) is 0.579. The van der Waals surface area contributed by atoms with Crippen molar-refractivity contribution in [3.8, 4) is 11.4 Å². The van der Waals surface area contributed by atoms with E-state index in [1.54, 1.807) is 6.20 Å². The summed E-state index contributed by atoms with van der Waals surface area (Å²) in [7, 11) is 0. The maximum atomic E-state index is 12.1. The summed E-state index contributed by atoms with van der Waals surface area (Å²) in [6.07, 6.45) is 1.68. The van der Waals surface area contributed by atoms with Crippen molar-refractivity contribution in [1.82, 2.24) is 15.0 Å². The second-order valence-electron chi connectivity index (χ2n) is 4.84. The van der Waals surface area contributed by atoms with Gasteiger partial charge in [0, 0.05) is 5.39 Å². The minimum Gasteiger partial charge on any atom is -0.320 e. The van der Waals surface area contributed by atoms with Gasteiger partial charge in [0.25, 0.3) is 5.56 Å². The van der Waals surface area contributed by atoms with Gasteiger partial charge in [-0.1, -0.05) is 30.3 Å². The Balaban J connectivity index is 1.97. The van der Waals surface area contributed by atoms with E-state index in [9.17, 15) is 4.79 Å². The average Bonchev–Trinajstić information content (AvgIpc) is 2.54. The van der Waals surface area contributed by atoms with Gasteiger partial charge in [-0.3, -0.25) is 9.78 Å². The predicted molar refractivity (Wildman–Crippen MR) is 83.1 cm³/mol. The summed E-state index contributed by atoms with van der Waals surface area (Å²) in [5.74, 6) is 0. The number of rotatable bonds is 1. The van der Waals surface area contributed by atoms with Crippen molar-refractivity contribution in [2.45, 2.75) is 0 Å². The molecule has 0 aliphatic carbocycles. The van der Waals surface area contributed by atoms with Crippen LogP contribution in [0.3, 0.4) is 0 Å². The number of pyridine rings is 1. The maximum Gasteiger partial charge on any atom is 0.256 e. The molecule has 0 atom stereocenters. The summed E-state index contributed by atoms with van der Waals surface area (Å²) in [6.45, 7) is 0. The van der Waals surface area contributed by atoms with Crippen LogP contribution in [0.25, 0.3) is 33.2 Å². The zero-order chi connectivity index (χ0) is 14.2. The first-order valence-corrected chi connectivity index (χ1v) is 6.65. The van der Waals surface area contributed by atoms with Crippen molar-refractivity contribution < 1.29 is 0 Å². The third kappa shape index (κ3) is 1.97. The molecule has 4 nitrogen and oxygen atoms in total. The second kappa shape index (κ2) is 4.52. The molecule has 0 radical (unpaired) electrons. The summed E-state index contributed by atoms with van der Waals surface area (Å²) < 4.78 is 0. The standard InChI is InChI=1S/C17H11N3O/c21-17-12-6-2-1-5-11(12)9-15(20-17)16-10-18-13-7-3-4-8-14(13)19-16/h1-10H,(H,20,21). The lowest BCUT2D eigenvalue weighted by Crippen LogP contribution is -2.07. The zero-order valence-electron chi connectivity index (χ0n) is 11.1.